The number of rotatable bonds is 7. The third-order valence-corrected chi connectivity index (χ3v) is 7.72. The van der Waals surface area contributed by atoms with Gasteiger partial charge in [0.05, 0.1) is 41.8 Å². The maximum Gasteiger partial charge on any atom is 0.412 e. The SMILES string of the molecule is COCC1CN(c2ccc(CNC(=O)c3cncc(N4CC[C@]5(C4)OC(=O)Nc4ccc(Cl)c(F)c45)n3)cn2)C1. The molecule has 3 aliphatic rings. The van der Waals surface area contributed by atoms with Gasteiger partial charge in [0.2, 0.25) is 0 Å². The van der Waals surface area contributed by atoms with Crippen LogP contribution in [0.25, 0.3) is 0 Å². The van der Waals surface area contributed by atoms with E-state index in [-0.39, 0.29) is 29.4 Å². The molecule has 3 aliphatic heterocycles. The molecule has 2 amide bonds. The fraction of sp³-hybridized carbons (Fsp3) is 0.370. The van der Waals surface area contributed by atoms with E-state index in [9.17, 15) is 9.59 Å². The van der Waals surface area contributed by atoms with Gasteiger partial charge in [0.25, 0.3) is 5.91 Å². The van der Waals surface area contributed by atoms with Crippen LogP contribution in [0, 0.1) is 11.7 Å². The molecule has 13 heteroatoms. The van der Waals surface area contributed by atoms with E-state index in [0.717, 1.165) is 31.1 Å². The average Bonchev–Trinajstić information content (AvgIpc) is 3.35. The number of anilines is 3. The number of nitrogens with one attached hydrogen (secondary N) is 2. The first kappa shape index (κ1) is 26.2. The lowest BCUT2D eigenvalue weighted by Crippen LogP contribution is -2.49. The fourth-order valence-corrected chi connectivity index (χ4v) is 5.58. The Hall–Kier alpha value is -4.03. The summed E-state index contributed by atoms with van der Waals surface area (Å²) in [6.07, 6.45) is 4.29. The highest BCUT2D eigenvalue weighted by Gasteiger charge is 2.50. The molecular weight excluding hydrogens is 541 g/mol. The summed E-state index contributed by atoms with van der Waals surface area (Å²) in [7, 11) is 1.71. The second-order valence-corrected chi connectivity index (χ2v) is 10.6. The molecule has 2 fully saturated rings. The minimum atomic E-state index is -1.24. The zero-order valence-corrected chi connectivity index (χ0v) is 22.4. The van der Waals surface area contributed by atoms with Gasteiger partial charge in [-0.1, -0.05) is 17.7 Å². The molecule has 1 atom stereocenters. The number of ether oxygens (including phenoxy) is 2. The minimum absolute atomic E-state index is 0.0594. The van der Waals surface area contributed by atoms with Crippen molar-refractivity contribution in [3.63, 3.8) is 0 Å². The minimum Gasteiger partial charge on any atom is -0.436 e. The molecule has 208 valence electrons. The summed E-state index contributed by atoms with van der Waals surface area (Å²) in [6, 6.07) is 6.82. The maximum atomic E-state index is 15.1. The number of fused-ring (bicyclic) bond motifs is 2. The number of carbonyl (C=O) groups excluding carboxylic acids is 2. The van der Waals surface area contributed by atoms with Crippen LogP contribution in [-0.4, -0.2) is 66.8 Å². The molecule has 0 unspecified atom stereocenters. The Morgan fingerprint density at radius 2 is 2.08 bits per heavy atom. The first-order valence-electron chi connectivity index (χ1n) is 12.9. The van der Waals surface area contributed by atoms with Crippen molar-refractivity contribution in [2.45, 2.75) is 18.6 Å². The number of aromatic nitrogens is 3. The first-order chi connectivity index (χ1) is 19.3. The first-order valence-corrected chi connectivity index (χ1v) is 13.3. The van der Waals surface area contributed by atoms with Gasteiger partial charge < -0.3 is 24.6 Å². The molecule has 0 aliphatic carbocycles. The smallest absolute Gasteiger partial charge is 0.412 e. The average molecular weight is 568 g/mol. The lowest BCUT2D eigenvalue weighted by atomic mass is 9.89. The zero-order valence-electron chi connectivity index (χ0n) is 21.7. The van der Waals surface area contributed by atoms with Gasteiger partial charge in [0.1, 0.15) is 17.3 Å². The fourth-order valence-electron chi connectivity index (χ4n) is 5.43. The van der Waals surface area contributed by atoms with Crippen LogP contribution in [0.15, 0.2) is 42.9 Å². The third-order valence-electron chi connectivity index (χ3n) is 7.43. The van der Waals surface area contributed by atoms with Gasteiger partial charge in [-0.2, -0.15) is 0 Å². The molecule has 0 saturated carbocycles. The molecule has 40 heavy (non-hydrogen) atoms. The van der Waals surface area contributed by atoms with E-state index >= 15 is 4.39 Å². The van der Waals surface area contributed by atoms with Gasteiger partial charge in [-0.25, -0.2) is 19.2 Å². The highest BCUT2D eigenvalue weighted by Crippen LogP contribution is 2.46. The third kappa shape index (κ3) is 4.88. The molecule has 2 N–H and O–H groups in total. The summed E-state index contributed by atoms with van der Waals surface area (Å²) < 4.78 is 25.9. The number of nitrogens with zero attached hydrogens (tertiary/aromatic N) is 5. The number of methoxy groups -OCH3 is 1. The van der Waals surface area contributed by atoms with E-state index < -0.39 is 23.4 Å². The molecule has 6 rings (SSSR count). The van der Waals surface area contributed by atoms with Crippen LogP contribution in [0.3, 0.4) is 0 Å². The quantitative estimate of drug-likeness (QED) is 0.442. The molecule has 1 spiro atoms. The molecule has 5 heterocycles. The van der Waals surface area contributed by atoms with Crippen LogP contribution in [0.4, 0.5) is 26.5 Å². The van der Waals surface area contributed by atoms with E-state index in [1.807, 2.05) is 17.0 Å². The largest absolute Gasteiger partial charge is 0.436 e. The van der Waals surface area contributed by atoms with Gasteiger partial charge in [-0.15, -0.1) is 0 Å². The van der Waals surface area contributed by atoms with Crippen molar-refractivity contribution in [3.05, 3.63) is 70.5 Å². The van der Waals surface area contributed by atoms with Gasteiger partial charge >= 0.3 is 6.09 Å². The highest BCUT2D eigenvalue weighted by molar-refractivity contribution is 6.31. The summed E-state index contributed by atoms with van der Waals surface area (Å²) in [5, 5.41) is 5.33. The number of hydrogen-bond acceptors (Lipinski definition) is 9. The van der Waals surface area contributed by atoms with E-state index in [0.29, 0.717) is 30.4 Å². The van der Waals surface area contributed by atoms with Crippen molar-refractivity contribution < 1.29 is 23.5 Å². The molecule has 1 aromatic carbocycles. The van der Waals surface area contributed by atoms with Crippen LogP contribution in [0.1, 0.15) is 28.0 Å². The Morgan fingerprint density at radius 1 is 1.23 bits per heavy atom. The van der Waals surface area contributed by atoms with Crippen LogP contribution < -0.4 is 20.4 Å². The van der Waals surface area contributed by atoms with Crippen molar-refractivity contribution in [1.29, 1.82) is 0 Å². The Kier molecular flexibility index (Phi) is 6.88. The predicted molar refractivity (Wildman–Crippen MR) is 145 cm³/mol. The Labute approximate surface area is 234 Å². The van der Waals surface area contributed by atoms with E-state index in [2.05, 4.69) is 30.5 Å². The molecule has 2 aromatic heterocycles. The van der Waals surface area contributed by atoms with Gasteiger partial charge in [-0.3, -0.25) is 15.1 Å². The zero-order chi connectivity index (χ0) is 27.9. The Bertz CT molecular complexity index is 1450. The lowest BCUT2D eigenvalue weighted by molar-refractivity contribution is 0.0263. The van der Waals surface area contributed by atoms with E-state index in [1.54, 1.807) is 19.4 Å². The topological polar surface area (TPSA) is 122 Å². The molecule has 11 nitrogen and oxygen atoms in total. The number of amides is 2. The molecule has 3 aromatic rings. The van der Waals surface area contributed by atoms with Crippen molar-refractivity contribution in [1.82, 2.24) is 20.3 Å². The van der Waals surface area contributed by atoms with Crippen molar-refractivity contribution in [2.75, 3.05) is 55.0 Å². The van der Waals surface area contributed by atoms with Crippen molar-refractivity contribution >= 4 is 40.9 Å². The number of halogens is 2. The molecule has 0 radical (unpaired) electrons. The van der Waals surface area contributed by atoms with Crippen LogP contribution >= 0.6 is 11.6 Å². The van der Waals surface area contributed by atoms with E-state index in [1.165, 1.54) is 18.5 Å². The van der Waals surface area contributed by atoms with Crippen molar-refractivity contribution in [2.24, 2.45) is 5.92 Å². The summed E-state index contributed by atoms with van der Waals surface area (Å²) in [5.41, 5.74) is 0.259. The van der Waals surface area contributed by atoms with E-state index in [4.69, 9.17) is 21.1 Å². The summed E-state index contributed by atoms with van der Waals surface area (Å²) in [5.74, 6) is 0.805. The summed E-state index contributed by atoms with van der Waals surface area (Å²) in [4.78, 5) is 42.3. The van der Waals surface area contributed by atoms with Gasteiger partial charge in [0.15, 0.2) is 11.4 Å². The number of benzene rings is 1. The second-order valence-electron chi connectivity index (χ2n) is 10.2. The standard InChI is InChI=1S/C27H27ClFN7O4/c1-39-14-17-12-36(13-17)21-5-2-16(8-31-21)9-32-25(37)20-10-30-11-22(33-20)35-7-6-27(15-35)23-19(34-26(38)40-27)4-3-18(28)24(23)29/h2-5,8,10-11,17H,6-7,9,12-15H2,1H3,(H,32,37)(H,34,38)/t27-/m1/s1. The predicted octanol–water partition coefficient (Wildman–Crippen LogP) is 3.34. The maximum absolute atomic E-state index is 15.1. The lowest BCUT2D eigenvalue weighted by Gasteiger charge is -2.39. The van der Waals surface area contributed by atoms with Crippen LogP contribution in [0.2, 0.25) is 5.02 Å². The molecule has 0 bridgehead atoms. The number of carbonyl (C=O) groups is 2. The molecule has 2 saturated heterocycles. The Morgan fingerprint density at radius 3 is 2.85 bits per heavy atom. The van der Waals surface area contributed by atoms with Gasteiger partial charge in [0, 0.05) is 51.8 Å². The monoisotopic (exact) mass is 567 g/mol. The van der Waals surface area contributed by atoms with Crippen LogP contribution in [0.5, 0.6) is 0 Å². The molecular formula is C27H27ClFN7O4. The summed E-state index contributed by atoms with van der Waals surface area (Å²) in [6.45, 7) is 3.38. The number of pyridine rings is 1. The Balaban J connectivity index is 1.10. The van der Waals surface area contributed by atoms with Gasteiger partial charge in [-0.05, 0) is 23.8 Å². The highest BCUT2D eigenvalue weighted by atomic mass is 35.5. The summed E-state index contributed by atoms with van der Waals surface area (Å²) >= 11 is 6.04. The number of hydrogen-bond donors (Lipinski definition) is 2. The van der Waals surface area contributed by atoms with Crippen molar-refractivity contribution in [3.8, 4) is 0 Å². The van der Waals surface area contributed by atoms with Crippen LogP contribution in [-0.2, 0) is 21.6 Å². The second kappa shape index (κ2) is 10.5. The normalized spacial score (nSPS) is 20.1.